The first-order chi connectivity index (χ1) is 12.4. The van der Waals surface area contributed by atoms with Crippen molar-refractivity contribution in [1.82, 2.24) is 15.2 Å². The summed E-state index contributed by atoms with van der Waals surface area (Å²) in [6.45, 7) is 6.20. The lowest BCUT2D eigenvalue weighted by atomic mass is 9.94. The minimum atomic E-state index is -0.749. The number of carbonyl (C=O) groups excluding carboxylic acids is 2. The van der Waals surface area contributed by atoms with Gasteiger partial charge in [-0.3, -0.25) is 9.59 Å². The molecule has 1 aromatic carbocycles. The van der Waals surface area contributed by atoms with Gasteiger partial charge in [-0.25, -0.2) is 4.98 Å². The van der Waals surface area contributed by atoms with Crippen molar-refractivity contribution in [2.45, 2.75) is 39.5 Å². The standard InChI is InChI=1S/C19H23N3O3S/c1-11-7-5-6-8-14(11)17-18(25-10-16(23)22(17)4)19(24)20-9-15-21-12(2)13(3)26-15/h5-8,17-18H,9-10H2,1-4H3,(H,20,24)/t17-,18+/m1/s1. The predicted molar refractivity (Wildman–Crippen MR) is 99.9 cm³/mol. The van der Waals surface area contributed by atoms with E-state index in [-0.39, 0.29) is 18.4 Å². The van der Waals surface area contributed by atoms with Gasteiger partial charge in [0.2, 0.25) is 5.91 Å². The molecule has 0 saturated carbocycles. The third-order valence-electron chi connectivity index (χ3n) is 4.74. The number of amides is 2. The lowest BCUT2D eigenvalue weighted by Crippen LogP contribution is -2.53. The van der Waals surface area contributed by atoms with Crippen molar-refractivity contribution in [3.63, 3.8) is 0 Å². The number of ether oxygens (including phenoxy) is 1. The number of aryl methyl sites for hydroxylation is 3. The van der Waals surface area contributed by atoms with E-state index in [4.69, 9.17) is 4.74 Å². The zero-order valence-electron chi connectivity index (χ0n) is 15.4. The average molecular weight is 373 g/mol. The number of rotatable bonds is 4. The monoisotopic (exact) mass is 373 g/mol. The molecule has 1 aliphatic rings. The second-order valence-corrected chi connectivity index (χ2v) is 7.79. The molecule has 1 aliphatic heterocycles. The number of carbonyl (C=O) groups is 2. The molecule has 26 heavy (non-hydrogen) atoms. The molecule has 0 unspecified atom stereocenters. The number of nitrogens with zero attached hydrogens (tertiary/aromatic N) is 2. The summed E-state index contributed by atoms with van der Waals surface area (Å²) < 4.78 is 5.64. The van der Waals surface area contributed by atoms with Gasteiger partial charge >= 0.3 is 0 Å². The van der Waals surface area contributed by atoms with Gasteiger partial charge in [-0.1, -0.05) is 24.3 Å². The first-order valence-corrected chi connectivity index (χ1v) is 9.33. The van der Waals surface area contributed by atoms with Crippen LogP contribution < -0.4 is 5.32 Å². The Hall–Kier alpha value is -2.25. The summed E-state index contributed by atoms with van der Waals surface area (Å²) in [7, 11) is 1.72. The van der Waals surface area contributed by atoms with Gasteiger partial charge in [0.1, 0.15) is 11.6 Å². The second kappa shape index (κ2) is 7.55. The second-order valence-electron chi connectivity index (χ2n) is 6.50. The van der Waals surface area contributed by atoms with E-state index < -0.39 is 12.1 Å². The first-order valence-electron chi connectivity index (χ1n) is 8.52. The van der Waals surface area contributed by atoms with E-state index in [0.717, 1.165) is 26.7 Å². The van der Waals surface area contributed by atoms with E-state index in [2.05, 4.69) is 10.3 Å². The number of likely N-dealkylation sites (N-methyl/N-ethyl adjacent to an activating group) is 1. The Morgan fingerprint density at radius 2 is 2.08 bits per heavy atom. The van der Waals surface area contributed by atoms with Crippen molar-refractivity contribution in [3.8, 4) is 0 Å². The summed E-state index contributed by atoms with van der Waals surface area (Å²) in [4.78, 5) is 32.1. The van der Waals surface area contributed by atoms with E-state index in [1.807, 2.05) is 45.0 Å². The zero-order valence-corrected chi connectivity index (χ0v) is 16.2. The van der Waals surface area contributed by atoms with Crippen molar-refractivity contribution in [3.05, 3.63) is 51.0 Å². The van der Waals surface area contributed by atoms with E-state index in [9.17, 15) is 9.59 Å². The van der Waals surface area contributed by atoms with Gasteiger partial charge in [-0.15, -0.1) is 11.3 Å². The van der Waals surface area contributed by atoms with E-state index >= 15 is 0 Å². The smallest absolute Gasteiger partial charge is 0.252 e. The Balaban J connectivity index is 1.80. The van der Waals surface area contributed by atoms with Crippen LogP contribution in [-0.2, 0) is 20.9 Å². The SMILES string of the molecule is Cc1ccccc1[C@@H]1[C@@H](C(=O)NCc2nc(C)c(C)s2)OCC(=O)N1C. The Kier molecular flexibility index (Phi) is 5.38. The maximum Gasteiger partial charge on any atom is 0.252 e. The number of morpholine rings is 1. The predicted octanol–water partition coefficient (Wildman–Crippen LogP) is 2.28. The molecule has 1 saturated heterocycles. The molecule has 1 N–H and O–H groups in total. The van der Waals surface area contributed by atoms with Crippen molar-refractivity contribution in [1.29, 1.82) is 0 Å². The molecule has 0 bridgehead atoms. The fourth-order valence-electron chi connectivity index (χ4n) is 3.10. The number of aromatic nitrogens is 1. The molecule has 7 heteroatoms. The zero-order chi connectivity index (χ0) is 18.8. The highest BCUT2D eigenvalue weighted by Crippen LogP contribution is 2.31. The Morgan fingerprint density at radius 3 is 2.73 bits per heavy atom. The van der Waals surface area contributed by atoms with E-state index in [1.54, 1.807) is 23.3 Å². The van der Waals surface area contributed by atoms with Crippen LogP contribution in [-0.4, -0.2) is 41.5 Å². The van der Waals surface area contributed by atoms with Crippen LogP contribution in [0.1, 0.15) is 32.7 Å². The van der Waals surface area contributed by atoms with Crippen LogP contribution in [0, 0.1) is 20.8 Å². The molecule has 2 atom stereocenters. The molecule has 138 valence electrons. The van der Waals surface area contributed by atoms with Crippen LogP contribution in [0.3, 0.4) is 0 Å². The molecular weight excluding hydrogens is 350 g/mol. The molecule has 1 aromatic heterocycles. The molecule has 6 nitrogen and oxygen atoms in total. The normalized spacial score (nSPS) is 20.3. The van der Waals surface area contributed by atoms with Gasteiger partial charge in [0.15, 0.2) is 6.10 Å². The highest BCUT2D eigenvalue weighted by Gasteiger charge is 2.40. The third-order valence-corrected chi connectivity index (χ3v) is 5.81. The number of hydrogen-bond donors (Lipinski definition) is 1. The highest BCUT2D eigenvalue weighted by molar-refractivity contribution is 7.11. The van der Waals surface area contributed by atoms with Gasteiger partial charge < -0.3 is 15.0 Å². The summed E-state index contributed by atoms with van der Waals surface area (Å²) in [6, 6.07) is 7.31. The van der Waals surface area contributed by atoms with Crippen molar-refractivity contribution in [2.75, 3.05) is 13.7 Å². The summed E-state index contributed by atoms with van der Waals surface area (Å²) >= 11 is 1.57. The average Bonchev–Trinajstić information content (AvgIpc) is 2.94. The van der Waals surface area contributed by atoms with Crippen LogP contribution in [0.15, 0.2) is 24.3 Å². The topological polar surface area (TPSA) is 71.5 Å². The first kappa shape index (κ1) is 18.5. The molecule has 1 fully saturated rings. The van der Waals surface area contributed by atoms with Gasteiger partial charge in [-0.2, -0.15) is 0 Å². The lowest BCUT2D eigenvalue weighted by Gasteiger charge is -2.38. The van der Waals surface area contributed by atoms with Crippen LogP contribution in [0.4, 0.5) is 0 Å². The van der Waals surface area contributed by atoms with Crippen LogP contribution in [0.25, 0.3) is 0 Å². The largest absolute Gasteiger partial charge is 0.356 e. The minimum absolute atomic E-state index is 0.0908. The minimum Gasteiger partial charge on any atom is -0.356 e. The quantitative estimate of drug-likeness (QED) is 0.893. The van der Waals surface area contributed by atoms with Crippen molar-refractivity contribution < 1.29 is 14.3 Å². The maximum absolute atomic E-state index is 12.8. The van der Waals surface area contributed by atoms with Gasteiger partial charge in [-0.05, 0) is 31.9 Å². The van der Waals surface area contributed by atoms with Gasteiger partial charge in [0, 0.05) is 11.9 Å². The Bertz CT molecular complexity index is 814. The summed E-state index contributed by atoms with van der Waals surface area (Å²) in [6.07, 6.45) is -0.749. The van der Waals surface area contributed by atoms with Crippen molar-refractivity contribution in [2.24, 2.45) is 0 Å². The Labute approximate surface area is 157 Å². The molecule has 2 amide bonds. The van der Waals surface area contributed by atoms with Crippen LogP contribution >= 0.6 is 11.3 Å². The molecule has 2 aromatic rings. The summed E-state index contributed by atoms with van der Waals surface area (Å²) in [5, 5.41) is 3.77. The molecule has 2 heterocycles. The summed E-state index contributed by atoms with van der Waals surface area (Å²) in [5.74, 6) is -0.364. The summed E-state index contributed by atoms with van der Waals surface area (Å²) in [5.41, 5.74) is 2.92. The number of benzene rings is 1. The third kappa shape index (κ3) is 3.64. The van der Waals surface area contributed by atoms with Gasteiger partial charge in [0.25, 0.3) is 5.91 Å². The lowest BCUT2D eigenvalue weighted by molar-refractivity contribution is -0.162. The van der Waals surface area contributed by atoms with E-state index in [0.29, 0.717) is 6.54 Å². The number of hydrogen-bond acceptors (Lipinski definition) is 5. The molecule has 0 aliphatic carbocycles. The van der Waals surface area contributed by atoms with Gasteiger partial charge in [0.05, 0.1) is 18.3 Å². The fraction of sp³-hybridized carbons (Fsp3) is 0.421. The molecular formula is C19H23N3O3S. The number of nitrogens with one attached hydrogen (secondary N) is 1. The van der Waals surface area contributed by atoms with Crippen LogP contribution in [0.5, 0.6) is 0 Å². The highest BCUT2D eigenvalue weighted by atomic mass is 32.1. The molecule has 0 radical (unpaired) electrons. The maximum atomic E-state index is 12.8. The van der Waals surface area contributed by atoms with Crippen molar-refractivity contribution >= 4 is 23.2 Å². The Morgan fingerprint density at radius 1 is 1.35 bits per heavy atom. The fourth-order valence-corrected chi connectivity index (χ4v) is 3.97. The molecule has 0 spiro atoms. The van der Waals surface area contributed by atoms with Crippen LogP contribution in [0.2, 0.25) is 0 Å². The molecule has 3 rings (SSSR count). The van der Waals surface area contributed by atoms with E-state index in [1.165, 1.54) is 0 Å². The number of thiazole rings is 1.